The molecule has 0 aromatic carbocycles. The zero-order valence-corrected chi connectivity index (χ0v) is 5.14. The minimum Gasteiger partial charge on any atom is -0.286 e. The molecular formula is C6H12N2+. The van der Waals surface area contributed by atoms with Crippen LogP contribution in [0.1, 0.15) is 0 Å². The lowest BCUT2D eigenvalue weighted by atomic mass is 10.2. The van der Waals surface area contributed by atoms with Crippen LogP contribution < -0.4 is 4.90 Å². The summed E-state index contributed by atoms with van der Waals surface area (Å²) in [7, 11) is 0. The summed E-state index contributed by atoms with van der Waals surface area (Å²) in [6, 6.07) is 0. The van der Waals surface area contributed by atoms with E-state index in [9.17, 15) is 0 Å². The van der Waals surface area contributed by atoms with Crippen molar-refractivity contribution in [2.45, 2.75) is 0 Å². The van der Waals surface area contributed by atoms with Gasteiger partial charge in [-0.1, -0.05) is 0 Å². The third-order valence-corrected chi connectivity index (χ3v) is 2.20. The Morgan fingerprint density at radius 3 is 1.50 bits per heavy atom. The summed E-state index contributed by atoms with van der Waals surface area (Å²) in [4.78, 5) is 5.08. The van der Waals surface area contributed by atoms with Crippen LogP contribution in [0.15, 0.2) is 0 Å². The summed E-state index contributed by atoms with van der Waals surface area (Å²) < 4.78 is 0. The molecule has 8 heavy (non-hydrogen) atoms. The van der Waals surface area contributed by atoms with Crippen LogP contribution in [0.5, 0.6) is 0 Å². The van der Waals surface area contributed by atoms with E-state index in [-0.39, 0.29) is 0 Å². The fourth-order valence-corrected chi connectivity index (χ4v) is 1.52. The molecule has 3 saturated heterocycles. The number of rotatable bonds is 0. The second kappa shape index (κ2) is 1.71. The Balaban J connectivity index is 2.03. The average Bonchev–Trinajstić information content (AvgIpc) is 1.92. The predicted octanol–water partition coefficient (Wildman–Crippen LogP) is -0.544. The molecule has 0 saturated carbocycles. The van der Waals surface area contributed by atoms with E-state index in [1.165, 1.54) is 39.3 Å². The lowest BCUT2D eigenvalue weighted by Crippen LogP contribution is -2.58. The van der Waals surface area contributed by atoms with Crippen LogP contribution in [0.3, 0.4) is 0 Å². The van der Waals surface area contributed by atoms with Gasteiger partial charge in [-0.15, -0.1) is 0 Å². The molecule has 0 atom stereocenters. The standard InChI is InChI=1S/C6H12N2/c1-2-8-5-3-7(1)4-6-8/h1-6H2/q+1. The number of hydrogen-bond donors (Lipinski definition) is 0. The van der Waals surface area contributed by atoms with Crippen LogP contribution in [-0.2, 0) is 0 Å². The third-order valence-electron chi connectivity index (χ3n) is 2.20. The van der Waals surface area contributed by atoms with Gasteiger partial charge < -0.3 is 0 Å². The van der Waals surface area contributed by atoms with Crippen LogP contribution in [0.25, 0.3) is 0 Å². The van der Waals surface area contributed by atoms with Gasteiger partial charge in [0.05, 0.1) is 19.6 Å². The highest BCUT2D eigenvalue weighted by Gasteiger charge is 2.29. The van der Waals surface area contributed by atoms with Gasteiger partial charge in [-0.25, -0.2) is 0 Å². The molecule has 0 unspecified atom stereocenters. The van der Waals surface area contributed by atoms with E-state index < -0.39 is 0 Å². The molecule has 3 fully saturated rings. The van der Waals surface area contributed by atoms with Crippen molar-refractivity contribution < 1.29 is 0 Å². The molecule has 0 aliphatic carbocycles. The topological polar surface area (TPSA) is 9.14 Å². The first kappa shape index (κ1) is 4.77. The zero-order chi connectivity index (χ0) is 5.40. The summed E-state index contributed by atoms with van der Waals surface area (Å²) in [6.07, 6.45) is 0. The minimum absolute atomic E-state index is 1.32. The summed E-state index contributed by atoms with van der Waals surface area (Å²) in [5.41, 5.74) is 0. The van der Waals surface area contributed by atoms with Crippen LogP contribution in [0, 0.1) is 0 Å². The van der Waals surface area contributed by atoms with Crippen LogP contribution in [0.4, 0.5) is 0 Å². The van der Waals surface area contributed by atoms with Gasteiger partial charge in [0.25, 0.3) is 0 Å². The molecular weight excluding hydrogens is 100 g/mol. The molecule has 2 nitrogen and oxygen atoms in total. The van der Waals surface area contributed by atoms with Crippen molar-refractivity contribution in [3.8, 4) is 0 Å². The van der Waals surface area contributed by atoms with Crippen molar-refractivity contribution in [1.82, 2.24) is 9.80 Å². The Hall–Kier alpha value is -0.0800. The first-order valence-corrected chi connectivity index (χ1v) is 3.40. The van der Waals surface area contributed by atoms with Gasteiger partial charge in [-0.05, 0) is 0 Å². The largest absolute Gasteiger partial charge is 0.286 e. The van der Waals surface area contributed by atoms with E-state index in [0.29, 0.717) is 0 Å². The fourth-order valence-electron chi connectivity index (χ4n) is 1.52. The van der Waals surface area contributed by atoms with Gasteiger partial charge in [-0.3, -0.25) is 4.90 Å². The number of hydrogen-bond acceptors (Lipinski definition) is 2. The molecule has 0 N–H and O–H groups in total. The van der Waals surface area contributed by atoms with Crippen molar-refractivity contribution in [3.63, 3.8) is 0 Å². The average molecular weight is 112 g/mol. The molecule has 3 rings (SSSR count). The van der Waals surface area contributed by atoms with Gasteiger partial charge in [0.1, 0.15) is 19.6 Å². The smallest absolute Gasteiger partial charge is 0.135 e. The maximum atomic E-state index is 2.54. The highest BCUT2D eigenvalue weighted by molar-refractivity contribution is 4.82. The maximum absolute atomic E-state index is 2.54. The molecule has 2 bridgehead atoms. The second-order valence-corrected chi connectivity index (χ2v) is 2.68. The number of nitrogens with zero attached hydrogens (tertiary/aromatic N) is 2. The van der Waals surface area contributed by atoms with Crippen molar-refractivity contribution in [3.05, 3.63) is 0 Å². The summed E-state index contributed by atoms with van der Waals surface area (Å²) in [5, 5.41) is 0. The second-order valence-electron chi connectivity index (χ2n) is 2.68. The summed E-state index contributed by atoms with van der Waals surface area (Å²) in [5.74, 6) is 0. The molecule has 3 aliphatic rings. The molecule has 0 aromatic heterocycles. The molecule has 45 valence electrons. The summed E-state index contributed by atoms with van der Waals surface area (Å²) in [6.45, 7) is 7.92. The molecule has 2 heteroatoms. The Labute approximate surface area is 50.1 Å². The van der Waals surface area contributed by atoms with Gasteiger partial charge in [0.2, 0.25) is 0 Å². The monoisotopic (exact) mass is 112 g/mol. The van der Waals surface area contributed by atoms with Crippen molar-refractivity contribution in [2.24, 2.45) is 0 Å². The van der Waals surface area contributed by atoms with Gasteiger partial charge in [-0.2, -0.15) is 4.90 Å². The van der Waals surface area contributed by atoms with Crippen LogP contribution >= 0.6 is 0 Å². The van der Waals surface area contributed by atoms with Crippen LogP contribution in [-0.4, -0.2) is 44.2 Å². The van der Waals surface area contributed by atoms with E-state index >= 15 is 0 Å². The van der Waals surface area contributed by atoms with E-state index in [2.05, 4.69) is 9.80 Å². The Kier molecular flexibility index (Phi) is 1.02. The Bertz CT molecular complexity index is 61.5. The fraction of sp³-hybridized carbons (Fsp3) is 1.00. The molecule has 0 amide bonds. The SMILES string of the molecule is C1C[N+]2CCN1CC2. The quantitative estimate of drug-likeness (QED) is 0.382. The summed E-state index contributed by atoms with van der Waals surface area (Å²) >= 11 is 0. The maximum Gasteiger partial charge on any atom is 0.135 e. The molecule has 0 aromatic rings. The number of fused-ring (bicyclic) bond motifs is 3. The lowest BCUT2D eigenvalue weighted by Gasteiger charge is -2.33. The highest BCUT2D eigenvalue weighted by Crippen LogP contribution is 2.04. The van der Waals surface area contributed by atoms with Crippen molar-refractivity contribution >= 4 is 0 Å². The van der Waals surface area contributed by atoms with E-state index in [0.717, 1.165) is 0 Å². The van der Waals surface area contributed by atoms with E-state index in [1.54, 1.807) is 0 Å². The van der Waals surface area contributed by atoms with Gasteiger partial charge >= 0.3 is 0 Å². The van der Waals surface area contributed by atoms with Crippen molar-refractivity contribution in [1.29, 1.82) is 0 Å². The van der Waals surface area contributed by atoms with Gasteiger partial charge in [0, 0.05) is 0 Å². The van der Waals surface area contributed by atoms with Crippen molar-refractivity contribution in [2.75, 3.05) is 39.3 Å². The Morgan fingerprint density at radius 1 is 0.875 bits per heavy atom. The van der Waals surface area contributed by atoms with Crippen LogP contribution in [0.2, 0.25) is 0 Å². The van der Waals surface area contributed by atoms with Gasteiger partial charge in [0.15, 0.2) is 0 Å². The normalized spacial score (nSPS) is 45.0. The van der Waals surface area contributed by atoms with E-state index in [4.69, 9.17) is 0 Å². The minimum atomic E-state index is 1.32. The van der Waals surface area contributed by atoms with E-state index in [1.807, 2.05) is 0 Å². The Morgan fingerprint density at radius 2 is 1.38 bits per heavy atom. The first-order valence-electron chi connectivity index (χ1n) is 3.40. The number of piperazine rings is 3. The molecule has 3 heterocycles. The molecule has 1 radical (unpaired) electrons. The first-order chi connectivity index (χ1) is 3.95. The highest BCUT2D eigenvalue weighted by atomic mass is 15.3. The third kappa shape index (κ3) is 0.644. The molecule has 3 aliphatic heterocycles. The zero-order valence-electron chi connectivity index (χ0n) is 5.14. The predicted molar refractivity (Wildman–Crippen MR) is 33.2 cm³/mol. The molecule has 0 spiro atoms. The lowest BCUT2D eigenvalue weighted by molar-refractivity contribution is 0.125.